The summed E-state index contributed by atoms with van der Waals surface area (Å²) in [6, 6.07) is 6.51. The van der Waals surface area contributed by atoms with E-state index in [2.05, 4.69) is 19.1 Å². The zero-order valence-corrected chi connectivity index (χ0v) is 24.5. The minimum atomic E-state index is -6.00. The molecular weight excluding hydrogens is 638 g/mol. The number of pyridine rings is 1. The predicted octanol–water partition coefficient (Wildman–Crippen LogP) is 0.570. The molecule has 0 saturated carbocycles. The molecule has 20 nitrogen and oxygen atoms in total. The summed E-state index contributed by atoms with van der Waals surface area (Å²) in [7, 11) is -11.7. The molecule has 1 amide bonds. The number of rotatable bonds is 14. The Hall–Kier alpha value is -3.87. The Balaban J connectivity index is 1.91. The number of amides is 1. The summed E-state index contributed by atoms with van der Waals surface area (Å²) in [4.78, 5) is 81.8. The summed E-state index contributed by atoms with van der Waals surface area (Å²) in [5.41, 5.74) is -0.276. The second kappa shape index (κ2) is 14.3. The molecule has 3 rings (SSSR count). The Kier molecular flexibility index (Phi) is 11.2. The van der Waals surface area contributed by atoms with Crippen LogP contribution in [-0.2, 0) is 43.4 Å². The first-order valence-electron chi connectivity index (χ1n) is 12.3. The third-order valence-corrected chi connectivity index (χ3v) is 7.79. The van der Waals surface area contributed by atoms with Crippen LogP contribution in [0.3, 0.4) is 0 Å². The zero-order chi connectivity index (χ0) is 32.8. The van der Waals surface area contributed by atoms with Crippen LogP contribution in [0.15, 0.2) is 30.3 Å². The predicted molar refractivity (Wildman–Crippen MR) is 138 cm³/mol. The number of esters is 1. The van der Waals surface area contributed by atoms with Crippen molar-refractivity contribution in [3.63, 3.8) is 0 Å². The highest BCUT2D eigenvalue weighted by atomic mass is 31.3. The SMILES string of the molecule is CC(=O)Nc1nc(OCCc2ccc([N+](=O)[O-])cc2)c(C2CC(OC(C)=O)C(COP(=O)([O-])OP(=O)([O-])[O-])O2)cc1[N+](=O)[O-]. The molecule has 0 bridgehead atoms. The van der Waals surface area contributed by atoms with Gasteiger partial charge in [0.1, 0.15) is 12.2 Å². The number of aromatic nitrogens is 1. The van der Waals surface area contributed by atoms with Gasteiger partial charge < -0.3 is 43.3 Å². The van der Waals surface area contributed by atoms with Crippen molar-refractivity contribution in [2.45, 2.75) is 45.0 Å². The molecule has 1 N–H and O–H groups in total. The van der Waals surface area contributed by atoms with Crippen LogP contribution in [-0.4, -0.2) is 52.1 Å². The van der Waals surface area contributed by atoms with Crippen molar-refractivity contribution in [3.8, 4) is 5.88 Å². The molecule has 1 aromatic carbocycles. The lowest BCUT2D eigenvalue weighted by atomic mass is 10.0. The molecule has 1 aromatic heterocycles. The van der Waals surface area contributed by atoms with Gasteiger partial charge in [-0.05, 0) is 5.56 Å². The first-order valence-corrected chi connectivity index (χ1v) is 15.2. The third kappa shape index (κ3) is 10.1. The van der Waals surface area contributed by atoms with Crippen molar-refractivity contribution >= 4 is 44.7 Å². The third-order valence-electron chi connectivity index (χ3n) is 5.72. The van der Waals surface area contributed by atoms with Crippen LogP contribution in [0.25, 0.3) is 0 Å². The number of hydrogen-bond donors (Lipinski definition) is 1. The Labute approximate surface area is 247 Å². The maximum Gasteiger partial charge on any atom is 0.312 e. The van der Waals surface area contributed by atoms with Crippen LogP contribution in [0, 0.1) is 20.2 Å². The molecule has 2 heterocycles. The number of nitrogens with one attached hydrogen (secondary N) is 1. The largest absolute Gasteiger partial charge is 0.790 e. The lowest BCUT2D eigenvalue weighted by Crippen LogP contribution is -2.31. The van der Waals surface area contributed by atoms with Crippen molar-refractivity contribution in [2.75, 3.05) is 18.5 Å². The Bertz CT molecular complexity index is 1510. The van der Waals surface area contributed by atoms with Gasteiger partial charge in [-0.25, -0.2) is 0 Å². The Morgan fingerprint density at radius 2 is 1.75 bits per heavy atom. The number of carbonyl (C=O) groups is 2. The van der Waals surface area contributed by atoms with Crippen molar-refractivity contribution in [1.82, 2.24) is 4.98 Å². The molecule has 4 unspecified atom stereocenters. The minimum absolute atomic E-state index is 0.0840. The average Bonchev–Trinajstić information content (AvgIpc) is 3.27. The van der Waals surface area contributed by atoms with E-state index in [1.54, 1.807) is 0 Å². The van der Waals surface area contributed by atoms with E-state index in [0.717, 1.165) is 19.9 Å². The molecule has 1 aliphatic heterocycles. The minimum Gasteiger partial charge on any atom is -0.790 e. The highest BCUT2D eigenvalue weighted by Crippen LogP contribution is 2.51. The zero-order valence-electron chi connectivity index (χ0n) is 22.7. The maximum atomic E-state index is 11.8. The van der Waals surface area contributed by atoms with E-state index in [1.807, 2.05) is 0 Å². The van der Waals surface area contributed by atoms with Crippen molar-refractivity contribution in [3.05, 3.63) is 61.7 Å². The summed E-state index contributed by atoms with van der Waals surface area (Å²) in [6.07, 6.45) is -3.96. The van der Waals surface area contributed by atoms with E-state index in [0.29, 0.717) is 5.56 Å². The molecule has 2 aromatic rings. The number of non-ortho nitro benzene ring substituents is 1. The van der Waals surface area contributed by atoms with Gasteiger partial charge in [-0.1, -0.05) is 12.1 Å². The average molecular weight is 661 g/mol. The first kappa shape index (κ1) is 34.6. The number of nitro benzene ring substituents is 1. The van der Waals surface area contributed by atoms with Gasteiger partial charge in [0.05, 0.1) is 42.6 Å². The van der Waals surface area contributed by atoms with Gasteiger partial charge in [-0.2, -0.15) is 4.98 Å². The van der Waals surface area contributed by atoms with E-state index in [9.17, 15) is 53.6 Å². The number of anilines is 1. The molecule has 22 heteroatoms. The Morgan fingerprint density at radius 1 is 1.09 bits per heavy atom. The standard InChI is InChI=1S/C22H26N4O16P2/c1-12(27)23-21-17(26(31)32)9-16(22(24-21)38-8-7-14-3-5-15(6-4-14)25(29)30)18-10-19(40-13(2)28)20(41-18)11-39-44(36,37)42-43(33,34)35/h3-6,9,18-20H,7-8,10-11H2,1-2H3,(H,36,37)(H,23,24,27)(H2,33,34,35)/p-3. The monoisotopic (exact) mass is 661 g/mol. The van der Waals surface area contributed by atoms with Gasteiger partial charge in [0, 0.05) is 44.9 Å². The number of nitro groups is 2. The van der Waals surface area contributed by atoms with E-state index in [-0.39, 0.29) is 36.6 Å². The number of phosphoric ester groups is 1. The number of benzene rings is 1. The maximum absolute atomic E-state index is 11.8. The highest BCUT2D eigenvalue weighted by molar-refractivity contribution is 7.58. The van der Waals surface area contributed by atoms with Gasteiger partial charge in [-0.3, -0.25) is 38.7 Å². The van der Waals surface area contributed by atoms with Crippen LogP contribution in [0.4, 0.5) is 17.2 Å². The van der Waals surface area contributed by atoms with Crippen LogP contribution in [0.2, 0.25) is 0 Å². The second-order valence-corrected chi connectivity index (χ2v) is 11.7. The number of nitrogens with zero attached hydrogens (tertiary/aromatic N) is 3. The molecule has 1 fully saturated rings. The second-order valence-electron chi connectivity index (χ2n) is 9.03. The lowest BCUT2D eigenvalue weighted by Gasteiger charge is -2.35. The van der Waals surface area contributed by atoms with Gasteiger partial charge in [0.2, 0.25) is 17.6 Å². The molecular formula is C22H23N4O16P2-3. The van der Waals surface area contributed by atoms with Gasteiger partial charge in [0.15, 0.2) is 0 Å². The summed E-state index contributed by atoms with van der Waals surface area (Å²) < 4.78 is 46.9. The molecule has 0 spiro atoms. The highest BCUT2D eigenvalue weighted by Gasteiger charge is 2.41. The summed E-state index contributed by atoms with van der Waals surface area (Å²) in [6.45, 7) is 0.993. The van der Waals surface area contributed by atoms with Crippen LogP contribution in [0.5, 0.6) is 5.88 Å². The first-order chi connectivity index (χ1) is 20.4. The van der Waals surface area contributed by atoms with Crippen molar-refractivity contribution < 1.29 is 66.3 Å². The molecule has 240 valence electrons. The molecule has 44 heavy (non-hydrogen) atoms. The Morgan fingerprint density at radius 3 is 2.30 bits per heavy atom. The number of carbonyl (C=O) groups excluding carboxylic acids is 2. The van der Waals surface area contributed by atoms with Gasteiger partial charge in [0.25, 0.3) is 13.5 Å². The fraction of sp³-hybridized carbons (Fsp3) is 0.409. The summed E-state index contributed by atoms with van der Waals surface area (Å²) in [5, 5.41) is 24.9. The number of phosphoric acid groups is 2. The topological polar surface area (TPSA) is 295 Å². The quantitative estimate of drug-likeness (QED) is 0.125. The molecule has 0 aliphatic carbocycles. The normalized spacial score (nSPS) is 19.5. The lowest BCUT2D eigenvalue weighted by molar-refractivity contribution is -0.384. The molecule has 0 radical (unpaired) electrons. The van der Waals surface area contributed by atoms with E-state index in [4.69, 9.17) is 14.2 Å². The van der Waals surface area contributed by atoms with Crippen LogP contribution in [0.1, 0.15) is 37.5 Å². The molecule has 1 aliphatic rings. The van der Waals surface area contributed by atoms with Crippen LogP contribution < -0.4 is 24.7 Å². The summed E-state index contributed by atoms with van der Waals surface area (Å²) in [5.74, 6) is -2.28. The van der Waals surface area contributed by atoms with Gasteiger partial charge >= 0.3 is 11.7 Å². The fourth-order valence-electron chi connectivity index (χ4n) is 4.01. The van der Waals surface area contributed by atoms with Crippen LogP contribution >= 0.6 is 15.6 Å². The van der Waals surface area contributed by atoms with Crippen molar-refractivity contribution in [1.29, 1.82) is 0 Å². The number of hydrogen-bond acceptors (Lipinski definition) is 17. The van der Waals surface area contributed by atoms with E-state index in [1.165, 1.54) is 24.3 Å². The van der Waals surface area contributed by atoms with Crippen molar-refractivity contribution in [2.24, 2.45) is 0 Å². The smallest absolute Gasteiger partial charge is 0.312 e. The molecule has 4 atom stereocenters. The van der Waals surface area contributed by atoms with E-state index >= 15 is 0 Å². The number of ether oxygens (including phenoxy) is 3. The summed E-state index contributed by atoms with van der Waals surface area (Å²) >= 11 is 0. The van der Waals surface area contributed by atoms with E-state index < -0.39 is 73.8 Å². The fourth-order valence-corrected chi connectivity index (χ4v) is 5.50. The molecule has 1 saturated heterocycles. The van der Waals surface area contributed by atoms with Gasteiger partial charge in [-0.15, -0.1) is 0 Å².